The number of rotatable bonds is 0. The molecule has 0 aromatic heterocycles. The third-order valence-electron chi connectivity index (χ3n) is 0. The second-order valence-electron chi connectivity index (χ2n) is 0.671. The van der Waals surface area contributed by atoms with E-state index in [-0.39, 0.29) is 16.8 Å². The van der Waals surface area contributed by atoms with E-state index in [0.717, 1.165) is 6.92 Å². The quantitative estimate of drug-likeness (QED) is 0.691. The van der Waals surface area contributed by atoms with Crippen LogP contribution in [0.3, 0.4) is 0 Å². The van der Waals surface area contributed by atoms with Crippen molar-refractivity contribution < 1.29 is 37.8 Å². The topological polar surface area (TPSA) is 37.3 Å². The molecule has 1 N–H and O–H groups in total. The molecule has 7 heteroatoms. The Morgan fingerprint density at radius 1 is 1.44 bits per heavy atom. The van der Waals surface area contributed by atoms with E-state index in [1.54, 1.807) is 0 Å². The first kappa shape index (κ1) is 16.8. The summed E-state index contributed by atoms with van der Waals surface area (Å²) in [6.45, 7) is 1.08. The SMILES string of the molecule is CC(=O)O.[Cl][Fe]([Cl])[Cl].[Co]. The second-order valence-corrected chi connectivity index (χ2v) is 6.14. The molecule has 62 valence electrons. The molecule has 0 aliphatic heterocycles. The van der Waals surface area contributed by atoms with Gasteiger partial charge in [0, 0.05) is 23.7 Å². The molecule has 0 bridgehead atoms. The van der Waals surface area contributed by atoms with Crippen LogP contribution in [0.1, 0.15) is 6.92 Å². The monoisotopic (exact) mass is 280 g/mol. The van der Waals surface area contributed by atoms with Gasteiger partial charge in [-0.15, -0.1) is 0 Å². The number of hydrogen-bond donors (Lipinski definition) is 1. The molecule has 0 unspecified atom stereocenters. The summed E-state index contributed by atoms with van der Waals surface area (Å²) < 4.78 is 0. The van der Waals surface area contributed by atoms with Crippen LogP contribution in [0, 0.1) is 0 Å². The Balaban J connectivity index is -0.0000000720. The number of halogens is 3. The minimum absolute atomic E-state index is 0. The molecule has 0 atom stereocenters. The fourth-order valence-corrected chi connectivity index (χ4v) is 0. The van der Waals surface area contributed by atoms with Gasteiger partial charge in [0.2, 0.25) is 0 Å². The molecule has 0 rings (SSSR count). The molecule has 0 aliphatic carbocycles. The smallest absolute Gasteiger partial charge is 0 e. The Morgan fingerprint density at radius 2 is 1.44 bits per heavy atom. The molecule has 0 amide bonds. The largest absolute Gasteiger partial charge is 0 e. The number of hydrogen-bond acceptors (Lipinski definition) is 1. The molecule has 9 heavy (non-hydrogen) atoms. The Kier molecular flexibility index (Phi) is 22.5. The van der Waals surface area contributed by atoms with E-state index in [9.17, 15) is 0 Å². The Morgan fingerprint density at radius 3 is 1.44 bits per heavy atom. The maximum atomic E-state index is 9.00. The summed E-state index contributed by atoms with van der Waals surface area (Å²) in [5.41, 5.74) is 0. The van der Waals surface area contributed by atoms with Crippen LogP contribution < -0.4 is 0 Å². The third kappa shape index (κ3) is 272. The number of carbonyl (C=O) groups is 1. The fraction of sp³-hybridized carbons (Fsp3) is 0.500. The van der Waals surface area contributed by atoms with Gasteiger partial charge in [0.05, 0.1) is 0 Å². The van der Waals surface area contributed by atoms with Crippen molar-refractivity contribution in [2.24, 2.45) is 0 Å². The molecular formula is C2H4Cl3CoFeO2. The van der Waals surface area contributed by atoms with Gasteiger partial charge in [-0.25, -0.2) is 0 Å². The van der Waals surface area contributed by atoms with E-state index in [0.29, 0.717) is 0 Å². The molecular weight excluding hydrogens is 277 g/mol. The summed E-state index contributed by atoms with van der Waals surface area (Å²) in [5.74, 6) is -0.833. The molecule has 0 aliphatic rings. The van der Waals surface area contributed by atoms with E-state index in [4.69, 9.17) is 40.2 Å². The zero-order valence-electron chi connectivity index (χ0n) is 4.18. The minimum Gasteiger partial charge on any atom is 0 e. The molecule has 0 fully saturated rings. The number of aliphatic carboxylic acids is 1. The minimum atomic E-state index is -1.33. The molecule has 0 spiro atoms. The van der Waals surface area contributed by atoms with Crippen LogP contribution in [-0.2, 0) is 32.7 Å². The van der Waals surface area contributed by atoms with Gasteiger partial charge in [-0.2, -0.15) is 0 Å². The summed E-state index contributed by atoms with van der Waals surface area (Å²) in [5, 5.41) is 7.42. The van der Waals surface area contributed by atoms with E-state index < -0.39 is 17.1 Å². The van der Waals surface area contributed by atoms with Crippen LogP contribution in [-0.4, -0.2) is 11.1 Å². The van der Waals surface area contributed by atoms with Crippen molar-refractivity contribution in [2.45, 2.75) is 6.92 Å². The molecule has 0 heterocycles. The summed E-state index contributed by atoms with van der Waals surface area (Å²) >= 11 is -1.33. The average molecular weight is 281 g/mol. The third-order valence-corrected chi connectivity index (χ3v) is 0. The molecule has 0 aromatic rings. The zero-order chi connectivity index (χ0) is 7.15. The summed E-state index contributed by atoms with van der Waals surface area (Å²) in [6, 6.07) is 0. The van der Waals surface area contributed by atoms with Gasteiger partial charge in [-0.05, 0) is 0 Å². The first-order chi connectivity index (χ1) is 3.46. The van der Waals surface area contributed by atoms with Gasteiger partial charge >= 0.3 is 41.5 Å². The van der Waals surface area contributed by atoms with E-state index in [1.807, 2.05) is 0 Å². The molecule has 1 radical (unpaired) electrons. The Bertz CT molecular complexity index is 64.1. The molecule has 0 saturated carbocycles. The van der Waals surface area contributed by atoms with Crippen molar-refractivity contribution in [2.75, 3.05) is 0 Å². The predicted octanol–water partition coefficient (Wildman–Crippen LogP) is 2.15. The summed E-state index contributed by atoms with van der Waals surface area (Å²) in [7, 11) is 14.7. The number of carboxylic acids is 1. The molecule has 0 aromatic carbocycles. The van der Waals surface area contributed by atoms with Crippen molar-refractivity contribution in [3.63, 3.8) is 0 Å². The summed E-state index contributed by atoms with van der Waals surface area (Å²) in [4.78, 5) is 9.00. The zero-order valence-corrected chi connectivity index (χ0v) is 8.59. The van der Waals surface area contributed by atoms with Crippen LogP contribution in [0.25, 0.3) is 0 Å². The number of carboxylic acid groups (broad SMARTS) is 1. The normalized spacial score (nSPS) is 7.78. The van der Waals surface area contributed by atoms with Crippen molar-refractivity contribution >= 4 is 36.3 Å². The van der Waals surface area contributed by atoms with Crippen LogP contribution >= 0.6 is 30.3 Å². The summed E-state index contributed by atoms with van der Waals surface area (Å²) in [6.07, 6.45) is 0. The first-order valence-electron chi connectivity index (χ1n) is 1.33. The van der Waals surface area contributed by atoms with Crippen molar-refractivity contribution in [1.82, 2.24) is 0 Å². The second kappa shape index (κ2) is 12.1. The molecule has 2 nitrogen and oxygen atoms in total. The van der Waals surface area contributed by atoms with Crippen LogP contribution in [0.4, 0.5) is 0 Å². The van der Waals surface area contributed by atoms with Gasteiger partial charge in [-0.1, -0.05) is 0 Å². The van der Waals surface area contributed by atoms with Crippen molar-refractivity contribution in [3.8, 4) is 0 Å². The first-order valence-corrected chi connectivity index (χ1v) is 5.89. The molecule has 0 saturated heterocycles. The Hall–Kier alpha value is 1.37. The van der Waals surface area contributed by atoms with Crippen LogP contribution in [0.5, 0.6) is 0 Å². The van der Waals surface area contributed by atoms with Gasteiger partial charge in [0.15, 0.2) is 0 Å². The van der Waals surface area contributed by atoms with Crippen LogP contribution in [0.15, 0.2) is 0 Å². The van der Waals surface area contributed by atoms with E-state index >= 15 is 0 Å². The van der Waals surface area contributed by atoms with E-state index in [1.165, 1.54) is 0 Å². The van der Waals surface area contributed by atoms with Gasteiger partial charge < -0.3 is 5.11 Å². The fourth-order valence-electron chi connectivity index (χ4n) is 0. The standard InChI is InChI=1S/C2H4O2.3ClH.Co.Fe/c1-2(3)4;;;;;/h1H3,(H,3,4);3*1H;;/q;;;;;+3/p-3. The Labute approximate surface area is 80.6 Å². The van der Waals surface area contributed by atoms with E-state index in [2.05, 4.69) is 0 Å². The van der Waals surface area contributed by atoms with Gasteiger partial charge in [-0.3, -0.25) is 4.79 Å². The van der Waals surface area contributed by atoms with Gasteiger partial charge in [0.1, 0.15) is 0 Å². The van der Waals surface area contributed by atoms with Crippen molar-refractivity contribution in [1.29, 1.82) is 0 Å². The van der Waals surface area contributed by atoms with Gasteiger partial charge in [0.25, 0.3) is 5.97 Å². The average Bonchev–Trinajstić information content (AvgIpc) is 1.25. The van der Waals surface area contributed by atoms with Crippen LogP contribution in [0.2, 0.25) is 0 Å². The maximum absolute atomic E-state index is 9.00. The van der Waals surface area contributed by atoms with Crippen molar-refractivity contribution in [3.05, 3.63) is 0 Å². The maximum Gasteiger partial charge on any atom is 0 e. The predicted molar refractivity (Wildman–Crippen MR) is 30.9 cm³/mol.